The Morgan fingerprint density at radius 3 is 2.42 bits per heavy atom. The van der Waals surface area contributed by atoms with E-state index in [1.807, 2.05) is 4.72 Å². The second kappa shape index (κ2) is 7.39. The summed E-state index contributed by atoms with van der Waals surface area (Å²) in [6.07, 6.45) is -2.31. The number of carbonyl (C=O) groups is 1. The normalized spacial score (nSPS) is 16.0. The molecule has 0 aromatic heterocycles. The fraction of sp³-hybridized carbons (Fsp3) is 0.500. The molecule has 0 unspecified atom stereocenters. The first-order chi connectivity index (χ1) is 11.2. The number of hydrogen-bond donors (Lipinski definition) is 1. The van der Waals surface area contributed by atoms with Crippen LogP contribution in [-0.4, -0.2) is 45.2 Å². The minimum atomic E-state index is -5.02. The largest absolute Gasteiger partial charge is 0.573 e. The van der Waals surface area contributed by atoms with Crippen molar-refractivity contribution in [2.75, 3.05) is 19.6 Å². The number of nitrogens with zero attached hydrogens (tertiary/aromatic N) is 1. The molecule has 134 valence electrons. The van der Waals surface area contributed by atoms with E-state index in [-0.39, 0.29) is 0 Å². The van der Waals surface area contributed by atoms with Gasteiger partial charge in [-0.1, -0.05) is 12.1 Å². The lowest BCUT2D eigenvalue weighted by Gasteiger charge is -2.26. The maximum Gasteiger partial charge on any atom is 0.573 e. The Hall–Kier alpha value is -1.81. The van der Waals surface area contributed by atoms with E-state index in [0.29, 0.717) is 13.1 Å². The highest BCUT2D eigenvalue weighted by Crippen LogP contribution is 2.29. The smallest absolute Gasteiger partial charge is 0.404 e. The molecule has 1 aromatic rings. The van der Waals surface area contributed by atoms with Crippen molar-refractivity contribution in [2.45, 2.75) is 30.5 Å². The number of nitrogens with one attached hydrogen (secondary N) is 1. The molecule has 10 heteroatoms. The standard InChI is InChI=1S/C14H17F3N2O4S/c15-14(16,17)23-11-6-2-3-7-12(11)24(21,22)18-10-13(20)19-8-4-1-5-9-19/h2-3,6-7,18H,1,4-5,8-10H2. The van der Waals surface area contributed by atoms with E-state index < -0.39 is 39.5 Å². The van der Waals surface area contributed by atoms with Gasteiger partial charge in [0.15, 0.2) is 0 Å². The van der Waals surface area contributed by atoms with Gasteiger partial charge in [-0.2, -0.15) is 0 Å². The number of piperidine rings is 1. The van der Waals surface area contributed by atoms with Gasteiger partial charge < -0.3 is 9.64 Å². The predicted molar refractivity (Wildman–Crippen MR) is 78.7 cm³/mol. The number of rotatable bonds is 5. The maximum absolute atomic E-state index is 12.4. The molecule has 24 heavy (non-hydrogen) atoms. The molecule has 0 bridgehead atoms. The number of carbonyl (C=O) groups excluding carboxylic acids is 1. The minimum absolute atomic E-state index is 0.410. The van der Waals surface area contributed by atoms with Gasteiger partial charge in [0.1, 0.15) is 10.6 Å². The van der Waals surface area contributed by atoms with E-state index in [1.54, 1.807) is 0 Å². The average Bonchev–Trinajstić information content (AvgIpc) is 2.52. The van der Waals surface area contributed by atoms with Crippen molar-refractivity contribution >= 4 is 15.9 Å². The summed E-state index contributed by atoms with van der Waals surface area (Å²) in [4.78, 5) is 12.8. The molecule has 0 radical (unpaired) electrons. The average molecular weight is 366 g/mol. The van der Waals surface area contributed by atoms with E-state index in [0.717, 1.165) is 31.4 Å². The van der Waals surface area contributed by atoms with Crippen LogP contribution in [0.5, 0.6) is 5.75 Å². The molecule has 6 nitrogen and oxygen atoms in total. The van der Waals surface area contributed by atoms with Crippen LogP contribution < -0.4 is 9.46 Å². The predicted octanol–water partition coefficient (Wildman–Crippen LogP) is 1.88. The molecule has 0 atom stereocenters. The molecule has 1 saturated heterocycles. The van der Waals surface area contributed by atoms with Crippen molar-refractivity contribution < 1.29 is 31.1 Å². The van der Waals surface area contributed by atoms with Crippen LogP contribution in [0.2, 0.25) is 0 Å². The Kier molecular flexibility index (Phi) is 5.70. The van der Waals surface area contributed by atoms with Crippen LogP contribution in [0.4, 0.5) is 13.2 Å². The van der Waals surface area contributed by atoms with Crippen LogP contribution in [0.25, 0.3) is 0 Å². The van der Waals surface area contributed by atoms with Gasteiger partial charge in [0.25, 0.3) is 0 Å². The number of benzene rings is 1. The summed E-state index contributed by atoms with van der Waals surface area (Å²) in [5.41, 5.74) is 0. The van der Waals surface area contributed by atoms with E-state index in [1.165, 1.54) is 17.0 Å². The number of ether oxygens (including phenoxy) is 1. The highest BCUT2D eigenvalue weighted by atomic mass is 32.2. The van der Waals surface area contributed by atoms with Gasteiger partial charge in [0, 0.05) is 13.1 Å². The number of amides is 1. The third-order valence-electron chi connectivity index (χ3n) is 3.49. The summed E-state index contributed by atoms with van der Waals surface area (Å²) in [6.45, 7) is 0.589. The van der Waals surface area contributed by atoms with Crippen LogP contribution in [0.3, 0.4) is 0 Å². The minimum Gasteiger partial charge on any atom is -0.404 e. The second-order valence-electron chi connectivity index (χ2n) is 5.26. The molecule has 1 aliphatic rings. The van der Waals surface area contributed by atoms with E-state index in [9.17, 15) is 26.4 Å². The zero-order valence-corrected chi connectivity index (χ0v) is 13.5. The summed E-state index contributed by atoms with van der Waals surface area (Å²) < 4.78 is 67.3. The number of hydrogen-bond acceptors (Lipinski definition) is 4. The van der Waals surface area contributed by atoms with Crippen molar-refractivity contribution in [3.8, 4) is 5.75 Å². The molecule has 1 fully saturated rings. The maximum atomic E-state index is 12.4. The zero-order valence-electron chi connectivity index (χ0n) is 12.7. The summed E-state index contributed by atoms with van der Waals surface area (Å²) in [5, 5.41) is 0. The van der Waals surface area contributed by atoms with Crippen LogP contribution in [0.15, 0.2) is 29.2 Å². The van der Waals surface area contributed by atoms with Crippen molar-refractivity contribution in [3.05, 3.63) is 24.3 Å². The fourth-order valence-corrected chi connectivity index (χ4v) is 3.47. The summed E-state index contributed by atoms with van der Waals surface area (Å²) in [5.74, 6) is -1.25. The fourth-order valence-electron chi connectivity index (χ4n) is 2.37. The highest BCUT2D eigenvalue weighted by Gasteiger charge is 2.34. The van der Waals surface area contributed by atoms with Crippen LogP contribution in [0, 0.1) is 0 Å². The first-order valence-corrected chi connectivity index (χ1v) is 8.79. The Labute approximate surface area is 137 Å². The van der Waals surface area contributed by atoms with Gasteiger partial charge in [0.05, 0.1) is 6.54 Å². The zero-order chi connectivity index (χ0) is 17.8. The van der Waals surface area contributed by atoms with Crippen LogP contribution in [0.1, 0.15) is 19.3 Å². The Balaban J connectivity index is 2.08. The van der Waals surface area contributed by atoms with Gasteiger partial charge in [-0.3, -0.25) is 4.79 Å². The molecule has 1 amide bonds. The van der Waals surface area contributed by atoms with Gasteiger partial charge in [0.2, 0.25) is 15.9 Å². The van der Waals surface area contributed by atoms with Crippen LogP contribution >= 0.6 is 0 Å². The third kappa shape index (κ3) is 5.10. The lowest BCUT2D eigenvalue weighted by Crippen LogP contribution is -2.42. The Morgan fingerprint density at radius 1 is 1.17 bits per heavy atom. The lowest BCUT2D eigenvalue weighted by molar-refractivity contribution is -0.275. The summed E-state index contributed by atoms with van der Waals surface area (Å²) in [7, 11) is -4.32. The first-order valence-electron chi connectivity index (χ1n) is 7.31. The molecule has 1 heterocycles. The van der Waals surface area contributed by atoms with Gasteiger partial charge in [-0.15, -0.1) is 13.2 Å². The molecule has 0 saturated carbocycles. The Bertz CT molecular complexity index is 686. The monoisotopic (exact) mass is 366 g/mol. The summed E-state index contributed by atoms with van der Waals surface area (Å²) >= 11 is 0. The van der Waals surface area contributed by atoms with E-state index in [4.69, 9.17) is 0 Å². The molecule has 1 N–H and O–H groups in total. The topological polar surface area (TPSA) is 75.7 Å². The number of alkyl halides is 3. The summed E-state index contributed by atoms with van der Waals surface area (Å²) in [6, 6.07) is 4.37. The number of halogens is 3. The quantitative estimate of drug-likeness (QED) is 0.863. The van der Waals surface area contributed by atoms with Crippen molar-refractivity contribution in [1.29, 1.82) is 0 Å². The van der Waals surface area contributed by atoms with Crippen molar-refractivity contribution in [2.24, 2.45) is 0 Å². The second-order valence-corrected chi connectivity index (χ2v) is 7.00. The Morgan fingerprint density at radius 2 is 1.79 bits per heavy atom. The molecule has 1 aromatic carbocycles. The molecule has 0 spiro atoms. The molecule has 2 rings (SSSR count). The number of para-hydroxylation sites is 1. The molecule has 0 aliphatic carbocycles. The highest BCUT2D eigenvalue weighted by molar-refractivity contribution is 7.89. The molecular weight excluding hydrogens is 349 g/mol. The van der Waals surface area contributed by atoms with Gasteiger partial charge in [-0.05, 0) is 31.4 Å². The van der Waals surface area contributed by atoms with E-state index in [2.05, 4.69) is 4.74 Å². The molecule has 1 aliphatic heterocycles. The third-order valence-corrected chi connectivity index (χ3v) is 4.93. The SMILES string of the molecule is O=C(CNS(=O)(=O)c1ccccc1OC(F)(F)F)N1CCCCC1. The van der Waals surface area contributed by atoms with E-state index >= 15 is 0 Å². The van der Waals surface area contributed by atoms with Crippen molar-refractivity contribution in [3.63, 3.8) is 0 Å². The van der Waals surface area contributed by atoms with Gasteiger partial charge >= 0.3 is 6.36 Å². The first kappa shape index (κ1) is 18.5. The number of sulfonamides is 1. The lowest BCUT2D eigenvalue weighted by atomic mass is 10.1. The van der Waals surface area contributed by atoms with Crippen molar-refractivity contribution in [1.82, 2.24) is 9.62 Å². The number of likely N-dealkylation sites (tertiary alicyclic amines) is 1. The van der Waals surface area contributed by atoms with Gasteiger partial charge in [-0.25, -0.2) is 13.1 Å². The molecular formula is C14H17F3N2O4S. The van der Waals surface area contributed by atoms with Crippen LogP contribution in [-0.2, 0) is 14.8 Å².